The van der Waals surface area contributed by atoms with Crippen LogP contribution in [0, 0.1) is 0 Å². The molecule has 0 amide bonds. The zero-order chi connectivity index (χ0) is 18.9. The first-order chi connectivity index (χ1) is 13.1. The highest BCUT2D eigenvalue weighted by molar-refractivity contribution is 7.91. The summed E-state index contributed by atoms with van der Waals surface area (Å²) in [5.41, 5.74) is 4.03. The summed E-state index contributed by atoms with van der Waals surface area (Å²) in [6.07, 6.45) is 2.49. The number of rotatable bonds is 5. The van der Waals surface area contributed by atoms with Gasteiger partial charge < -0.3 is 4.98 Å². The third-order valence-electron chi connectivity index (χ3n) is 4.65. The number of aromatic nitrogens is 1. The molecule has 0 spiro atoms. The minimum Gasteiger partial charge on any atom is -0.354 e. The first-order valence-electron chi connectivity index (χ1n) is 8.72. The van der Waals surface area contributed by atoms with Gasteiger partial charge in [-0.2, -0.15) is 0 Å². The molecule has 1 N–H and O–H groups in total. The fraction of sp³-hybridized carbons (Fsp3) is 0.0435. The lowest BCUT2D eigenvalue weighted by atomic mass is 10.0. The van der Waals surface area contributed by atoms with E-state index in [0.29, 0.717) is 16.2 Å². The van der Waals surface area contributed by atoms with Gasteiger partial charge in [-0.1, -0.05) is 54.6 Å². The zero-order valence-electron chi connectivity index (χ0n) is 14.7. The number of H-pyrrole nitrogens is 1. The highest BCUT2D eigenvalue weighted by Crippen LogP contribution is 2.33. The molecule has 4 rings (SSSR count). The van der Waals surface area contributed by atoms with Gasteiger partial charge in [0.15, 0.2) is 0 Å². The van der Waals surface area contributed by atoms with Gasteiger partial charge in [-0.05, 0) is 47.9 Å². The molecule has 0 radical (unpaired) electrons. The van der Waals surface area contributed by atoms with E-state index in [1.165, 1.54) is 0 Å². The summed E-state index contributed by atoms with van der Waals surface area (Å²) in [6.45, 7) is 3.86. The molecule has 4 heteroatoms. The predicted molar refractivity (Wildman–Crippen MR) is 110 cm³/mol. The molecule has 1 aromatic heterocycles. The Hall–Kier alpha value is -3.11. The molecule has 0 aliphatic rings. The number of aromatic amines is 1. The second kappa shape index (κ2) is 6.89. The van der Waals surface area contributed by atoms with E-state index in [1.54, 1.807) is 36.4 Å². The van der Waals surface area contributed by atoms with Crippen molar-refractivity contribution < 1.29 is 8.42 Å². The molecule has 134 valence electrons. The van der Waals surface area contributed by atoms with Crippen molar-refractivity contribution in [2.45, 2.75) is 16.2 Å². The van der Waals surface area contributed by atoms with Crippen molar-refractivity contribution in [3.8, 4) is 11.3 Å². The summed E-state index contributed by atoms with van der Waals surface area (Å²) >= 11 is 0. The lowest BCUT2D eigenvalue weighted by molar-refractivity contribution is 0.596. The van der Waals surface area contributed by atoms with Gasteiger partial charge in [0, 0.05) is 10.9 Å². The number of allylic oxidation sites excluding steroid dienone is 1. The Morgan fingerprint density at radius 1 is 0.852 bits per heavy atom. The van der Waals surface area contributed by atoms with Crippen molar-refractivity contribution in [2.24, 2.45) is 0 Å². The van der Waals surface area contributed by atoms with E-state index in [4.69, 9.17) is 0 Å². The lowest BCUT2D eigenvalue weighted by Crippen LogP contribution is -2.01. The minimum absolute atomic E-state index is 0.296. The Labute approximate surface area is 158 Å². The standard InChI is InChI=1S/C23H19NO2S/c1-2-9-20-21-16-19(27(25,26)18-12-7-4-8-13-18)14-15-22(21)24-23(20)17-10-5-3-6-11-17/h2-8,10-16,24H,1,9H2. The summed E-state index contributed by atoms with van der Waals surface area (Å²) in [5, 5.41) is 0.908. The molecule has 0 saturated carbocycles. The first-order valence-corrected chi connectivity index (χ1v) is 10.2. The normalized spacial score (nSPS) is 11.6. The Morgan fingerprint density at radius 2 is 1.52 bits per heavy atom. The summed E-state index contributed by atoms with van der Waals surface area (Å²) in [7, 11) is -3.56. The Balaban J connectivity index is 1.92. The van der Waals surface area contributed by atoms with Crippen LogP contribution in [-0.2, 0) is 16.3 Å². The number of hydrogen-bond acceptors (Lipinski definition) is 2. The van der Waals surface area contributed by atoms with Gasteiger partial charge in [0.1, 0.15) is 0 Å². The molecule has 3 aromatic carbocycles. The van der Waals surface area contributed by atoms with E-state index in [2.05, 4.69) is 11.6 Å². The largest absolute Gasteiger partial charge is 0.354 e. The van der Waals surface area contributed by atoms with E-state index in [9.17, 15) is 8.42 Å². The van der Waals surface area contributed by atoms with Crippen molar-refractivity contribution in [1.29, 1.82) is 0 Å². The van der Waals surface area contributed by atoms with Crippen molar-refractivity contribution in [3.63, 3.8) is 0 Å². The van der Waals surface area contributed by atoms with Crippen LogP contribution < -0.4 is 0 Å². The molecular weight excluding hydrogens is 354 g/mol. The molecule has 4 aromatic rings. The van der Waals surface area contributed by atoms with Gasteiger partial charge in [0.05, 0.1) is 15.5 Å². The van der Waals surface area contributed by atoms with Gasteiger partial charge >= 0.3 is 0 Å². The Kier molecular flexibility index (Phi) is 4.42. The smallest absolute Gasteiger partial charge is 0.206 e. The molecule has 0 aliphatic heterocycles. The number of sulfone groups is 1. The fourth-order valence-corrected chi connectivity index (χ4v) is 4.65. The average molecular weight is 373 g/mol. The second-order valence-electron chi connectivity index (χ2n) is 6.36. The molecule has 0 aliphatic carbocycles. The fourth-order valence-electron chi connectivity index (χ4n) is 3.34. The molecule has 0 bridgehead atoms. The quantitative estimate of drug-likeness (QED) is 0.476. The van der Waals surface area contributed by atoms with Crippen LogP contribution in [0.2, 0.25) is 0 Å². The van der Waals surface area contributed by atoms with Crippen LogP contribution >= 0.6 is 0 Å². The van der Waals surface area contributed by atoms with E-state index in [-0.39, 0.29) is 0 Å². The molecule has 0 unspecified atom stereocenters. The topological polar surface area (TPSA) is 49.9 Å². The third-order valence-corrected chi connectivity index (χ3v) is 6.42. The number of benzene rings is 3. The van der Waals surface area contributed by atoms with Crippen LogP contribution in [0.5, 0.6) is 0 Å². The van der Waals surface area contributed by atoms with E-state index < -0.39 is 9.84 Å². The minimum atomic E-state index is -3.56. The highest BCUT2D eigenvalue weighted by atomic mass is 32.2. The van der Waals surface area contributed by atoms with Crippen molar-refractivity contribution >= 4 is 20.7 Å². The highest BCUT2D eigenvalue weighted by Gasteiger charge is 2.20. The summed E-state index contributed by atoms with van der Waals surface area (Å²) in [6, 6.07) is 23.8. The van der Waals surface area contributed by atoms with Crippen LogP contribution in [0.25, 0.3) is 22.2 Å². The maximum atomic E-state index is 13.0. The number of hydrogen-bond donors (Lipinski definition) is 1. The zero-order valence-corrected chi connectivity index (χ0v) is 15.5. The molecule has 0 saturated heterocycles. The van der Waals surface area contributed by atoms with Crippen molar-refractivity contribution in [1.82, 2.24) is 4.98 Å². The van der Waals surface area contributed by atoms with Gasteiger partial charge in [0.2, 0.25) is 9.84 Å². The summed E-state index contributed by atoms with van der Waals surface area (Å²) in [5.74, 6) is 0. The predicted octanol–water partition coefficient (Wildman–Crippen LogP) is 5.40. The van der Waals surface area contributed by atoms with Crippen LogP contribution in [0.1, 0.15) is 5.56 Å². The number of nitrogens with one attached hydrogen (secondary N) is 1. The van der Waals surface area contributed by atoms with Crippen molar-refractivity contribution in [3.05, 3.63) is 97.1 Å². The maximum Gasteiger partial charge on any atom is 0.206 e. The summed E-state index contributed by atoms with van der Waals surface area (Å²) in [4.78, 5) is 4.04. The molecular formula is C23H19NO2S. The van der Waals surface area contributed by atoms with E-state index in [0.717, 1.165) is 27.7 Å². The Morgan fingerprint density at radius 3 is 2.19 bits per heavy atom. The maximum absolute atomic E-state index is 13.0. The van der Waals surface area contributed by atoms with E-state index >= 15 is 0 Å². The van der Waals surface area contributed by atoms with Crippen LogP contribution in [-0.4, -0.2) is 13.4 Å². The average Bonchev–Trinajstić information content (AvgIpc) is 3.07. The van der Waals surface area contributed by atoms with Crippen molar-refractivity contribution in [2.75, 3.05) is 0 Å². The number of fused-ring (bicyclic) bond motifs is 1. The first kappa shape index (κ1) is 17.3. The van der Waals surface area contributed by atoms with Gasteiger partial charge in [-0.15, -0.1) is 6.58 Å². The molecule has 0 fully saturated rings. The third kappa shape index (κ3) is 3.09. The van der Waals surface area contributed by atoms with Crippen LogP contribution in [0.4, 0.5) is 0 Å². The molecule has 0 atom stereocenters. The van der Waals surface area contributed by atoms with Gasteiger partial charge in [0.25, 0.3) is 0 Å². The van der Waals surface area contributed by atoms with Gasteiger partial charge in [-0.3, -0.25) is 0 Å². The summed E-state index contributed by atoms with van der Waals surface area (Å²) < 4.78 is 26.0. The Bertz CT molecular complexity index is 1210. The molecule has 27 heavy (non-hydrogen) atoms. The molecule has 1 heterocycles. The van der Waals surface area contributed by atoms with Crippen LogP contribution in [0.3, 0.4) is 0 Å². The van der Waals surface area contributed by atoms with Gasteiger partial charge in [-0.25, -0.2) is 8.42 Å². The lowest BCUT2D eigenvalue weighted by Gasteiger charge is -2.06. The monoisotopic (exact) mass is 373 g/mol. The van der Waals surface area contributed by atoms with Crippen LogP contribution in [0.15, 0.2) is 101 Å². The van der Waals surface area contributed by atoms with E-state index in [1.807, 2.05) is 48.5 Å². The SMILES string of the molecule is C=CCc1c(-c2ccccc2)[nH]c2ccc(S(=O)(=O)c3ccccc3)cc12. The molecule has 3 nitrogen and oxygen atoms in total. The second-order valence-corrected chi connectivity index (χ2v) is 8.31.